The van der Waals surface area contributed by atoms with Crippen LogP contribution in [-0.4, -0.2) is 20.2 Å². The van der Waals surface area contributed by atoms with Crippen LogP contribution in [0.5, 0.6) is 5.75 Å². The largest absolute Gasteiger partial charge is 0.508 e. The molecule has 0 unspecified atom stereocenters. The molecule has 3 rings (SSSR count). The van der Waals surface area contributed by atoms with Crippen LogP contribution in [0, 0.1) is 0 Å². The van der Waals surface area contributed by atoms with E-state index >= 15 is 0 Å². The molecule has 18 heavy (non-hydrogen) atoms. The van der Waals surface area contributed by atoms with Crippen molar-refractivity contribution in [1.82, 2.24) is 15.1 Å². The average Bonchev–Trinajstić information content (AvgIpc) is 2.98. The Balaban J connectivity index is 1.82. The number of aromatic nitrogens is 3. The van der Waals surface area contributed by atoms with Gasteiger partial charge in [-0.2, -0.15) is 4.98 Å². The van der Waals surface area contributed by atoms with E-state index in [0.29, 0.717) is 18.1 Å². The zero-order valence-electron chi connectivity index (χ0n) is 9.28. The van der Waals surface area contributed by atoms with Gasteiger partial charge >= 0.3 is 0 Å². The summed E-state index contributed by atoms with van der Waals surface area (Å²) in [7, 11) is 0. The van der Waals surface area contributed by atoms with E-state index in [-0.39, 0.29) is 5.75 Å². The first-order valence-electron chi connectivity index (χ1n) is 5.30. The standard InChI is InChI=1S/C12H9N3O2S/c16-9-3-1-2-8(4-9)5-11-14-12(15-17-11)10-6-13-7-18-10/h1-4,6-7,16H,5H2. The van der Waals surface area contributed by atoms with Crippen LogP contribution in [0.15, 0.2) is 40.5 Å². The summed E-state index contributed by atoms with van der Waals surface area (Å²) in [4.78, 5) is 9.13. The quantitative estimate of drug-likeness (QED) is 0.782. The Morgan fingerprint density at radius 1 is 1.33 bits per heavy atom. The van der Waals surface area contributed by atoms with E-state index in [2.05, 4.69) is 15.1 Å². The highest BCUT2D eigenvalue weighted by Crippen LogP contribution is 2.21. The van der Waals surface area contributed by atoms with Crippen LogP contribution in [0.4, 0.5) is 0 Å². The van der Waals surface area contributed by atoms with Crippen molar-refractivity contribution in [3.63, 3.8) is 0 Å². The van der Waals surface area contributed by atoms with Crippen LogP contribution >= 0.6 is 11.3 Å². The van der Waals surface area contributed by atoms with Crippen LogP contribution in [0.1, 0.15) is 11.5 Å². The minimum absolute atomic E-state index is 0.231. The zero-order chi connectivity index (χ0) is 12.4. The molecule has 0 radical (unpaired) electrons. The first kappa shape index (κ1) is 10.9. The second-order valence-electron chi connectivity index (χ2n) is 3.72. The number of nitrogens with zero attached hydrogens (tertiary/aromatic N) is 3. The van der Waals surface area contributed by atoms with Crippen molar-refractivity contribution in [3.8, 4) is 16.5 Å². The van der Waals surface area contributed by atoms with Gasteiger partial charge < -0.3 is 9.63 Å². The first-order chi connectivity index (χ1) is 8.81. The highest BCUT2D eigenvalue weighted by Gasteiger charge is 2.10. The Morgan fingerprint density at radius 3 is 3.06 bits per heavy atom. The van der Waals surface area contributed by atoms with E-state index in [0.717, 1.165) is 10.4 Å². The third-order valence-corrected chi connectivity index (χ3v) is 3.16. The lowest BCUT2D eigenvalue weighted by atomic mass is 10.1. The van der Waals surface area contributed by atoms with Gasteiger partial charge in [0.25, 0.3) is 0 Å². The lowest BCUT2D eigenvalue weighted by Crippen LogP contribution is -1.87. The van der Waals surface area contributed by atoms with Crippen molar-refractivity contribution < 1.29 is 9.63 Å². The van der Waals surface area contributed by atoms with Gasteiger partial charge in [-0.3, -0.25) is 4.98 Å². The molecule has 0 amide bonds. The zero-order valence-corrected chi connectivity index (χ0v) is 10.1. The van der Waals surface area contributed by atoms with E-state index < -0.39 is 0 Å². The van der Waals surface area contributed by atoms with Gasteiger partial charge in [-0.25, -0.2) is 0 Å². The van der Waals surface area contributed by atoms with Crippen molar-refractivity contribution >= 4 is 11.3 Å². The monoisotopic (exact) mass is 259 g/mol. The van der Waals surface area contributed by atoms with Crippen molar-refractivity contribution in [2.75, 3.05) is 0 Å². The maximum absolute atomic E-state index is 9.37. The number of hydrogen-bond acceptors (Lipinski definition) is 6. The molecule has 0 aliphatic heterocycles. The molecule has 2 aromatic heterocycles. The summed E-state index contributed by atoms with van der Waals surface area (Å²) >= 11 is 1.46. The Bertz CT molecular complexity index is 649. The second-order valence-corrected chi connectivity index (χ2v) is 4.61. The van der Waals surface area contributed by atoms with Gasteiger partial charge in [-0.05, 0) is 17.7 Å². The minimum Gasteiger partial charge on any atom is -0.508 e. The molecule has 0 spiro atoms. The van der Waals surface area contributed by atoms with Crippen LogP contribution < -0.4 is 0 Å². The smallest absolute Gasteiger partial charge is 0.231 e. The van der Waals surface area contributed by atoms with Gasteiger partial charge in [0, 0.05) is 6.20 Å². The number of thiazole rings is 1. The molecule has 6 heteroatoms. The summed E-state index contributed by atoms with van der Waals surface area (Å²) in [5.41, 5.74) is 2.65. The highest BCUT2D eigenvalue weighted by atomic mass is 32.1. The lowest BCUT2D eigenvalue weighted by Gasteiger charge is -1.96. The van der Waals surface area contributed by atoms with Crippen molar-refractivity contribution in [2.24, 2.45) is 0 Å². The van der Waals surface area contributed by atoms with E-state index in [1.807, 2.05) is 6.07 Å². The summed E-state index contributed by atoms with van der Waals surface area (Å²) in [5, 5.41) is 13.3. The number of phenols is 1. The predicted molar refractivity (Wildman–Crippen MR) is 66.3 cm³/mol. The molecule has 1 N–H and O–H groups in total. The molecule has 0 aliphatic carbocycles. The molecule has 1 aromatic carbocycles. The summed E-state index contributed by atoms with van der Waals surface area (Å²) < 4.78 is 5.17. The molecule has 5 nitrogen and oxygen atoms in total. The SMILES string of the molecule is Oc1cccc(Cc2nc(-c3cncs3)no2)c1. The Labute approximate surface area is 107 Å². The third kappa shape index (κ3) is 2.23. The van der Waals surface area contributed by atoms with Crippen LogP contribution in [-0.2, 0) is 6.42 Å². The molecular weight excluding hydrogens is 250 g/mol. The van der Waals surface area contributed by atoms with Gasteiger partial charge in [-0.15, -0.1) is 11.3 Å². The summed E-state index contributed by atoms with van der Waals surface area (Å²) in [6, 6.07) is 6.98. The van der Waals surface area contributed by atoms with Gasteiger partial charge in [0.1, 0.15) is 5.75 Å². The minimum atomic E-state index is 0.231. The first-order valence-corrected chi connectivity index (χ1v) is 6.18. The summed E-state index contributed by atoms with van der Waals surface area (Å²) in [6.07, 6.45) is 2.20. The molecule has 0 atom stereocenters. The number of rotatable bonds is 3. The molecule has 0 fully saturated rings. The van der Waals surface area contributed by atoms with Crippen molar-refractivity contribution in [2.45, 2.75) is 6.42 Å². The van der Waals surface area contributed by atoms with E-state index in [1.54, 1.807) is 29.9 Å². The van der Waals surface area contributed by atoms with Gasteiger partial charge in [-0.1, -0.05) is 17.3 Å². The Hall–Kier alpha value is -2.21. The molecule has 0 aliphatic rings. The number of aromatic hydroxyl groups is 1. The van der Waals surface area contributed by atoms with E-state index in [4.69, 9.17) is 4.52 Å². The van der Waals surface area contributed by atoms with Crippen LogP contribution in [0.25, 0.3) is 10.7 Å². The molecular formula is C12H9N3O2S. The second kappa shape index (κ2) is 4.58. The lowest BCUT2D eigenvalue weighted by molar-refractivity contribution is 0.385. The number of benzene rings is 1. The molecule has 90 valence electrons. The fourth-order valence-corrected chi connectivity index (χ4v) is 2.14. The Kier molecular flexibility index (Phi) is 2.77. The summed E-state index contributed by atoms with van der Waals surface area (Å²) in [6.45, 7) is 0. The van der Waals surface area contributed by atoms with Gasteiger partial charge in [0.05, 0.1) is 16.8 Å². The topological polar surface area (TPSA) is 72.0 Å². The van der Waals surface area contributed by atoms with Crippen LogP contribution in [0.2, 0.25) is 0 Å². The summed E-state index contributed by atoms with van der Waals surface area (Å²) in [5.74, 6) is 1.30. The molecule has 2 heterocycles. The fourth-order valence-electron chi connectivity index (χ4n) is 1.59. The van der Waals surface area contributed by atoms with Crippen molar-refractivity contribution in [3.05, 3.63) is 47.4 Å². The average molecular weight is 259 g/mol. The van der Waals surface area contributed by atoms with Gasteiger partial charge in [0.15, 0.2) is 0 Å². The molecule has 0 saturated heterocycles. The van der Waals surface area contributed by atoms with Crippen molar-refractivity contribution in [1.29, 1.82) is 0 Å². The normalized spacial score (nSPS) is 10.7. The maximum Gasteiger partial charge on any atom is 0.231 e. The fraction of sp³-hybridized carbons (Fsp3) is 0.0833. The molecule has 0 saturated carbocycles. The van der Waals surface area contributed by atoms with E-state index in [9.17, 15) is 5.11 Å². The number of hydrogen-bond donors (Lipinski definition) is 1. The maximum atomic E-state index is 9.37. The highest BCUT2D eigenvalue weighted by molar-refractivity contribution is 7.13. The van der Waals surface area contributed by atoms with Gasteiger partial charge in [0.2, 0.25) is 11.7 Å². The molecule has 0 bridgehead atoms. The third-order valence-electron chi connectivity index (χ3n) is 2.39. The number of phenolic OH excluding ortho intramolecular Hbond substituents is 1. The van der Waals surface area contributed by atoms with Crippen LogP contribution in [0.3, 0.4) is 0 Å². The Morgan fingerprint density at radius 2 is 2.28 bits per heavy atom. The molecule has 3 aromatic rings. The predicted octanol–water partition coefficient (Wildman–Crippen LogP) is 2.49. The van der Waals surface area contributed by atoms with E-state index in [1.165, 1.54) is 11.3 Å².